The van der Waals surface area contributed by atoms with E-state index in [4.69, 9.17) is 21.2 Å². The van der Waals surface area contributed by atoms with Gasteiger partial charge in [0, 0.05) is 18.4 Å². The number of anilines is 1. The fourth-order valence-corrected chi connectivity index (χ4v) is 3.07. The van der Waals surface area contributed by atoms with Gasteiger partial charge in [0.05, 0.1) is 17.6 Å². The first-order valence-corrected chi connectivity index (χ1v) is 8.57. The Labute approximate surface area is 146 Å². The van der Waals surface area contributed by atoms with Gasteiger partial charge in [-0.2, -0.15) is 0 Å². The molecule has 0 bridgehead atoms. The van der Waals surface area contributed by atoms with Crippen molar-refractivity contribution in [1.82, 2.24) is 14.5 Å². The van der Waals surface area contributed by atoms with Crippen molar-refractivity contribution in [1.29, 1.82) is 0 Å². The number of nitrogens with two attached hydrogens (primary N) is 2. The SMILES string of the molecule is CCCCc1nc2c(N)nc3ccccc3c2n1CCCOC(N)=O. The standard InChI is InChI=1S/C18H23N5O2/c1-2-3-9-14-22-15-16(23(14)10-6-11-25-18(20)24)12-7-4-5-8-13(12)21-17(15)19/h4-5,7-8H,2-3,6,9-11H2,1H3,(H2,19,21)(H2,20,24). The normalized spacial score (nSPS) is 11.2. The number of carbonyl (C=O) groups excluding carboxylic acids is 1. The number of aryl methyl sites for hydroxylation is 2. The van der Waals surface area contributed by atoms with Crippen molar-refractivity contribution in [3.63, 3.8) is 0 Å². The summed E-state index contributed by atoms with van der Waals surface area (Å²) in [4.78, 5) is 20.0. The van der Waals surface area contributed by atoms with Crippen LogP contribution in [0.3, 0.4) is 0 Å². The van der Waals surface area contributed by atoms with E-state index in [1.165, 1.54) is 0 Å². The van der Waals surface area contributed by atoms with Gasteiger partial charge in [0.15, 0.2) is 5.82 Å². The number of unbranched alkanes of at least 4 members (excludes halogenated alkanes) is 1. The Bertz CT molecular complexity index is 903. The molecule has 4 N–H and O–H groups in total. The molecular formula is C18H23N5O2. The molecule has 7 nitrogen and oxygen atoms in total. The first kappa shape index (κ1) is 17.0. The number of nitrogen functional groups attached to an aromatic ring is 1. The fraction of sp³-hybridized carbons (Fsp3) is 0.389. The van der Waals surface area contributed by atoms with Gasteiger partial charge in [-0.15, -0.1) is 0 Å². The highest BCUT2D eigenvalue weighted by atomic mass is 16.5. The Balaban J connectivity index is 2.07. The topological polar surface area (TPSA) is 109 Å². The summed E-state index contributed by atoms with van der Waals surface area (Å²) in [6, 6.07) is 7.91. The number of pyridine rings is 1. The number of nitrogens with zero attached hydrogens (tertiary/aromatic N) is 3. The highest BCUT2D eigenvalue weighted by molar-refractivity contribution is 6.06. The second kappa shape index (κ2) is 7.38. The number of para-hydroxylation sites is 1. The number of fused-ring (bicyclic) bond motifs is 3. The number of carbonyl (C=O) groups is 1. The van der Waals surface area contributed by atoms with Crippen LogP contribution in [0.1, 0.15) is 32.0 Å². The number of rotatable bonds is 7. The molecule has 1 aromatic carbocycles. The van der Waals surface area contributed by atoms with E-state index in [2.05, 4.69) is 16.5 Å². The molecule has 0 atom stereocenters. The van der Waals surface area contributed by atoms with Gasteiger partial charge in [0.25, 0.3) is 0 Å². The molecule has 3 aromatic rings. The number of imidazole rings is 1. The largest absolute Gasteiger partial charge is 0.450 e. The van der Waals surface area contributed by atoms with E-state index in [9.17, 15) is 4.79 Å². The maximum absolute atomic E-state index is 10.8. The molecule has 2 aromatic heterocycles. The van der Waals surface area contributed by atoms with Crippen molar-refractivity contribution in [2.24, 2.45) is 5.73 Å². The molecule has 2 heterocycles. The molecule has 0 saturated heterocycles. The number of hydrogen-bond acceptors (Lipinski definition) is 5. The number of amides is 1. The molecule has 132 valence electrons. The Morgan fingerprint density at radius 3 is 2.80 bits per heavy atom. The van der Waals surface area contributed by atoms with E-state index in [0.717, 1.165) is 47.0 Å². The van der Waals surface area contributed by atoms with E-state index >= 15 is 0 Å². The lowest BCUT2D eigenvalue weighted by Crippen LogP contribution is -2.15. The zero-order chi connectivity index (χ0) is 17.8. The van der Waals surface area contributed by atoms with Crippen LogP contribution in [0, 0.1) is 0 Å². The second-order valence-electron chi connectivity index (χ2n) is 6.02. The molecule has 0 spiro atoms. The molecule has 1 amide bonds. The van der Waals surface area contributed by atoms with E-state index in [1.807, 2.05) is 24.3 Å². The Kier molecular flexibility index (Phi) is 5.02. The van der Waals surface area contributed by atoms with Crippen LogP contribution in [0.15, 0.2) is 24.3 Å². The number of ether oxygens (including phenoxy) is 1. The Morgan fingerprint density at radius 2 is 2.04 bits per heavy atom. The molecule has 3 rings (SSSR count). The summed E-state index contributed by atoms with van der Waals surface area (Å²) in [5, 5.41) is 1.03. The van der Waals surface area contributed by atoms with Crippen LogP contribution >= 0.6 is 0 Å². The summed E-state index contributed by atoms with van der Waals surface area (Å²) in [5.74, 6) is 1.43. The number of hydrogen-bond donors (Lipinski definition) is 2. The molecule has 0 unspecified atom stereocenters. The summed E-state index contributed by atoms with van der Waals surface area (Å²) in [5.41, 5.74) is 13.8. The maximum Gasteiger partial charge on any atom is 0.404 e. The highest BCUT2D eigenvalue weighted by Crippen LogP contribution is 2.29. The van der Waals surface area contributed by atoms with E-state index in [0.29, 0.717) is 18.8 Å². The number of primary amides is 1. The van der Waals surface area contributed by atoms with Crippen molar-refractivity contribution in [3.8, 4) is 0 Å². The number of aromatic nitrogens is 3. The first-order valence-electron chi connectivity index (χ1n) is 8.57. The van der Waals surface area contributed by atoms with Crippen molar-refractivity contribution in [2.75, 3.05) is 12.3 Å². The third kappa shape index (κ3) is 3.50. The minimum atomic E-state index is -0.749. The third-order valence-electron chi connectivity index (χ3n) is 4.21. The maximum atomic E-state index is 10.8. The number of benzene rings is 1. The zero-order valence-electron chi connectivity index (χ0n) is 14.4. The van der Waals surface area contributed by atoms with Crippen molar-refractivity contribution in [3.05, 3.63) is 30.1 Å². The van der Waals surface area contributed by atoms with E-state index < -0.39 is 6.09 Å². The van der Waals surface area contributed by atoms with Gasteiger partial charge in [-0.05, 0) is 18.9 Å². The van der Waals surface area contributed by atoms with Crippen LogP contribution in [-0.4, -0.2) is 27.2 Å². The molecule has 0 aliphatic rings. The van der Waals surface area contributed by atoms with Crippen molar-refractivity contribution >= 4 is 33.8 Å². The molecule has 0 aliphatic heterocycles. The molecule has 0 radical (unpaired) electrons. The van der Waals surface area contributed by atoms with Gasteiger partial charge >= 0.3 is 6.09 Å². The summed E-state index contributed by atoms with van der Waals surface area (Å²) < 4.78 is 7.03. The predicted octanol–water partition coefficient (Wildman–Crippen LogP) is 2.99. The van der Waals surface area contributed by atoms with Gasteiger partial charge in [0.1, 0.15) is 11.3 Å². The average Bonchev–Trinajstić information content (AvgIpc) is 2.96. The van der Waals surface area contributed by atoms with Gasteiger partial charge in [0.2, 0.25) is 0 Å². The van der Waals surface area contributed by atoms with Crippen LogP contribution in [0.5, 0.6) is 0 Å². The van der Waals surface area contributed by atoms with Crippen LogP contribution in [0.25, 0.3) is 21.9 Å². The summed E-state index contributed by atoms with van der Waals surface area (Å²) >= 11 is 0. The molecular weight excluding hydrogens is 318 g/mol. The monoisotopic (exact) mass is 341 g/mol. The summed E-state index contributed by atoms with van der Waals surface area (Å²) in [7, 11) is 0. The minimum Gasteiger partial charge on any atom is -0.450 e. The lowest BCUT2D eigenvalue weighted by Gasteiger charge is -2.11. The Hall–Kier alpha value is -2.83. The predicted molar refractivity (Wildman–Crippen MR) is 98.2 cm³/mol. The van der Waals surface area contributed by atoms with E-state index in [1.54, 1.807) is 0 Å². The molecule has 25 heavy (non-hydrogen) atoms. The summed E-state index contributed by atoms with van der Waals surface area (Å²) in [6.07, 6.45) is 2.91. The fourth-order valence-electron chi connectivity index (χ4n) is 3.07. The van der Waals surface area contributed by atoms with Crippen LogP contribution < -0.4 is 11.5 Å². The quantitative estimate of drug-likeness (QED) is 0.642. The van der Waals surface area contributed by atoms with Gasteiger partial charge in [-0.25, -0.2) is 14.8 Å². The lowest BCUT2D eigenvalue weighted by atomic mass is 10.2. The van der Waals surface area contributed by atoms with Crippen molar-refractivity contribution < 1.29 is 9.53 Å². The van der Waals surface area contributed by atoms with Crippen LogP contribution in [-0.2, 0) is 17.7 Å². The van der Waals surface area contributed by atoms with E-state index in [-0.39, 0.29) is 6.61 Å². The Morgan fingerprint density at radius 1 is 1.24 bits per heavy atom. The molecule has 0 aliphatic carbocycles. The van der Waals surface area contributed by atoms with Gasteiger partial charge in [-0.3, -0.25) is 0 Å². The molecule has 0 saturated carbocycles. The smallest absolute Gasteiger partial charge is 0.404 e. The van der Waals surface area contributed by atoms with Gasteiger partial charge < -0.3 is 20.8 Å². The average molecular weight is 341 g/mol. The highest BCUT2D eigenvalue weighted by Gasteiger charge is 2.16. The first-order chi connectivity index (χ1) is 12.1. The third-order valence-corrected chi connectivity index (χ3v) is 4.21. The molecule has 0 fully saturated rings. The lowest BCUT2D eigenvalue weighted by molar-refractivity contribution is 0.153. The summed E-state index contributed by atoms with van der Waals surface area (Å²) in [6.45, 7) is 3.11. The zero-order valence-corrected chi connectivity index (χ0v) is 14.4. The molecule has 7 heteroatoms. The minimum absolute atomic E-state index is 0.278. The van der Waals surface area contributed by atoms with Gasteiger partial charge in [-0.1, -0.05) is 31.5 Å². The van der Waals surface area contributed by atoms with Crippen molar-refractivity contribution in [2.45, 2.75) is 39.2 Å². The second-order valence-corrected chi connectivity index (χ2v) is 6.02. The van der Waals surface area contributed by atoms with Crippen LogP contribution in [0.2, 0.25) is 0 Å². The van der Waals surface area contributed by atoms with Crippen LogP contribution in [0.4, 0.5) is 10.6 Å².